The third-order valence-corrected chi connectivity index (χ3v) is 6.16. The molecule has 0 saturated carbocycles. The van der Waals surface area contributed by atoms with E-state index in [0.29, 0.717) is 18.8 Å². The van der Waals surface area contributed by atoms with E-state index in [1.54, 1.807) is 13.8 Å². The number of sulfonamides is 1. The molecule has 0 saturated heterocycles. The molecule has 1 aliphatic carbocycles. The van der Waals surface area contributed by atoms with Gasteiger partial charge in [0.2, 0.25) is 15.9 Å². The van der Waals surface area contributed by atoms with Crippen molar-refractivity contribution in [1.29, 1.82) is 0 Å². The van der Waals surface area contributed by atoms with Crippen LogP contribution in [0.1, 0.15) is 43.9 Å². The van der Waals surface area contributed by atoms with Gasteiger partial charge in [-0.25, -0.2) is 12.7 Å². The van der Waals surface area contributed by atoms with E-state index in [1.165, 1.54) is 4.31 Å². The molecule has 2 rings (SSSR count). The molecule has 1 aromatic carbocycles. The molecule has 23 heavy (non-hydrogen) atoms. The average molecular weight is 339 g/mol. The fraction of sp³-hybridized carbons (Fsp3) is 0.562. The maximum Gasteiger partial charge on any atom is 0.237 e. The molecule has 7 heteroatoms. The lowest BCUT2D eigenvalue weighted by Crippen LogP contribution is -2.41. The standard InChI is InChI=1S/C16H25N3O3S/c1-3-19(4-2)23(21,22)11-16(20)18-15-7-5-6-12-10-13(17)8-9-14(12)15/h8-10,15H,3-7,11,17H2,1-2H3,(H,18,20). The van der Waals surface area contributed by atoms with Gasteiger partial charge in [-0.2, -0.15) is 0 Å². The van der Waals surface area contributed by atoms with Gasteiger partial charge in [0.25, 0.3) is 0 Å². The van der Waals surface area contributed by atoms with Crippen LogP contribution in [0, 0.1) is 0 Å². The van der Waals surface area contributed by atoms with Crippen LogP contribution in [0.5, 0.6) is 0 Å². The summed E-state index contributed by atoms with van der Waals surface area (Å²) in [6.45, 7) is 4.27. The Morgan fingerprint density at radius 1 is 1.35 bits per heavy atom. The summed E-state index contributed by atoms with van der Waals surface area (Å²) in [5.41, 5.74) is 8.69. The van der Waals surface area contributed by atoms with Crippen molar-refractivity contribution in [3.8, 4) is 0 Å². The zero-order valence-electron chi connectivity index (χ0n) is 13.7. The molecule has 6 nitrogen and oxygen atoms in total. The molecule has 128 valence electrons. The van der Waals surface area contributed by atoms with Crippen molar-refractivity contribution in [2.75, 3.05) is 24.6 Å². The number of benzene rings is 1. The number of hydrogen-bond acceptors (Lipinski definition) is 4. The number of anilines is 1. The molecule has 0 radical (unpaired) electrons. The van der Waals surface area contributed by atoms with Crippen LogP contribution in [0.2, 0.25) is 0 Å². The molecule has 1 amide bonds. The molecule has 1 atom stereocenters. The molecule has 0 fully saturated rings. The molecule has 3 N–H and O–H groups in total. The van der Waals surface area contributed by atoms with Gasteiger partial charge in [-0.3, -0.25) is 4.79 Å². The molecule has 0 heterocycles. The van der Waals surface area contributed by atoms with Gasteiger partial charge in [0.1, 0.15) is 5.75 Å². The zero-order valence-corrected chi connectivity index (χ0v) is 14.5. The lowest BCUT2D eigenvalue weighted by molar-refractivity contribution is -0.119. The number of aryl methyl sites for hydroxylation is 1. The van der Waals surface area contributed by atoms with E-state index in [0.717, 1.165) is 30.4 Å². The summed E-state index contributed by atoms with van der Waals surface area (Å²) in [6.07, 6.45) is 2.70. The minimum absolute atomic E-state index is 0.140. The van der Waals surface area contributed by atoms with Crippen LogP contribution >= 0.6 is 0 Å². The first kappa shape index (κ1) is 17.7. The predicted octanol–water partition coefficient (Wildman–Crippen LogP) is 1.43. The van der Waals surface area contributed by atoms with Gasteiger partial charge in [0, 0.05) is 18.8 Å². The highest BCUT2D eigenvalue weighted by Gasteiger charge is 2.26. The number of carbonyl (C=O) groups excluding carboxylic acids is 1. The highest BCUT2D eigenvalue weighted by molar-refractivity contribution is 7.89. The Morgan fingerprint density at radius 2 is 2.04 bits per heavy atom. The second-order valence-corrected chi connectivity index (χ2v) is 7.78. The Hall–Kier alpha value is -1.60. The van der Waals surface area contributed by atoms with E-state index in [1.807, 2.05) is 18.2 Å². The molecule has 0 aliphatic heterocycles. The van der Waals surface area contributed by atoms with Crippen LogP contribution in [0.3, 0.4) is 0 Å². The largest absolute Gasteiger partial charge is 0.399 e. The topological polar surface area (TPSA) is 92.5 Å². The molecule has 0 spiro atoms. The summed E-state index contributed by atoms with van der Waals surface area (Å²) < 4.78 is 25.7. The van der Waals surface area contributed by atoms with E-state index in [2.05, 4.69) is 5.32 Å². The summed E-state index contributed by atoms with van der Waals surface area (Å²) >= 11 is 0. The number of nitrogens with two attached hydrogens (primary N) is 1. The van der Waals surface area contributed by atoms with Crippen molar-refractivity contribution in [2.24, 2.45) is 0 Å². The molecular formula is C16H25N3O3S. The highest BCUT2D eigenvalue weighted by Crippen LogP contribution is 2.30. The normalized spacial score (nSPS) is 17.8. The Kier molecular flexibility index (Phi) is 5.64. The van der Waals surface area contributed by atoms with Crippen LogP contribution in [0.25, 0.3) is 0 Å². The zero-order chi connectivity index (χ0) is 17.0. The monoisotopic (exact) mass is 339 g/mol. The van der Waals surface area contributed by atoms with E-state index >= 15 is 0 Å². The Morgan fingerprint density at radius 3 is 2.70 bits per heavy atom. The maximum absolute atomic E-state index is 12.2. The number of hydrogen-bond donors (Lipinski definition) is 2. The summed E-state index contributed by atoms with van der Waals surface area (Å²) in [5.74, 6) is -0.957. The summed E-state index contributed by atoms with van der Waals surface area (Å²) in [4.78, 5) is 12.2. The van der Waals surface area contributed by atoms with Gasteiger partial charge in [-0.1, -0.05) is 19.9 Å². The van der Waals surface area contributed by atoms with Crippen molar-refractivity contribution >= 4 is 21.6 Å². The van der Waals surface area contributed by atoms with Crippen molar-refractivity contribution < 1.29 is 13.2 Å². The Labute approximate surface area is 138 Å². The number of amides is 1. The van der Waals surface area contributed by atoms with E-state index in [9.17, 15) is 13.2 Å². The van der Waals surface area contributed by atoms with Gasteiger partial charge in [0.15, 0.2) is 0 Å². The van der Waals surface area contributed by atoms with E-state index in [-0.39, 0.29) is 6.04 Å². The first-order valence-corrected chi connectivity index (χ1v) is 9.63. The second kappa shape index (κ2) is 7.31. The van der Waals surface area contributed by atoms with Gasteiger partial charge in [-0.15, -0.1) is 0 Å². The van der Waals surface area contributed by atoms with Crippen LogP contribution in [0.4, 0.5) is 5.69 Å². The van der Waals surface area contributed by atoms with Crippen molar-refractivity contribution in [2.45, 2.75) is 39.2 Å². The number of carbonyl (C=O) groups is 1. The first-order valence-electron chi connectivity index (χ1n) is 8.02. The van der Waals surface area contributed by atoms with Crippen molar-refractivity contribution in [1.82, 2.24) is 9.62 Å². The predicted molar refractivity (Wildman–Crippen MR) is 91.4 cm³/mol. The fourth-order valence-electron chi connectivity index (χ4n) is 3.09. The maximum atomic E-state index is 12.2. The number of nitrogens with zero attached hydrogens (tertiary/aromatic N) is 1. The smallest absolute Gasteiger partial charge is 0.237 e. The molecule has 1 unspecified atom stereocenters. The quantitative estimate of drug-likeness (QED) is 0.767. The Balaban J connectivity index is 2.08. The van der Waals surface area contributed by atoms with E-state index in [4.69, 9.17) is 5.73 Å². The molecular weight excluding hydrogens is 314 g/mol. The first-order chi connectivity index (χ1) is 10.9. The lowest BCUT2D eigenvalue weighted by atomic mass is 9.87. The van der Waals surface area contributed by atoms with Crippen molar-refractivity contribution in [3.63, 3.8) is 0 Å². The average Bonchev–Trinajstić information content (AvgIpc) is 2.47. The lowest BCUT2D eigenvalue weighted by Gasteiger charge is -2.27. The molecule has 1 aliphatic rings. The van der Waals surface area contributed by atoms with E-state index < -0.39 is 21.7 Å². The van der Waals surface area contributed by atoms with Gasteiger partial charge in [0.05, 0.1) is 6.04 Å². The van der Waals surface area contributed by atoms with Crippen LogP contribution < -0.4 is 11.1 Å². The van der Waals surface area contributed by atoms with Crippen LogP contribution in [-0.4, -0.2) is 37.5 Å². The van der Waals surface area contributed by atoms with Gasteiger partial charge in [-0.05, 0) is 42.5 Å². The number of nitrogen functional groups attached to an aromatic ring is 1. The summed E-state index contributed by atoms with van der Waals surface area (Å²) in [5, 5.41) is 2.87. The SMILES string of the molecule is CCN(CC)S(=O)(=O)CC(=O)NC1CCCc2cc(N)ccc21. The minimum Gasteiger partial charge on any atom is -0.399 e. The number of fused-ring (bicyclic) bond motifs is 1. The van der Waals surface area contributed by atoms with Crippen LogP contribution in [0.15, 0.2) is 18.2 Å². The summed E-state index contributed by atoms with van der Waals surface area (Å²) in [6, 6.07) is 5.53. The Bertz CT molecular complexity index is 669. The molecule has 0 bridgehead atoms. The minimum atomic E-state index is -3.56. The van der Waals surface area contributed by atoms with Gasteiger partial charge >= 0.3 is 0 Å². The van der Waals surface area contributed by atoms with Gasteiger partial charge < -0.3 is 11.1 Å². The second-order valence-electron chi connectivity index (χ2n) is 5.81. The number of nitrogens with one attached hydrogen (secondary N) is 1. The fourth-order valence-corrected chi connectivity index (χ4v) is 4.48. The third kappa shape index (κ3) is 4.23. The highest BCUT2D eigenvalue weighted by atomic mass is 32.2. The summed E-state index contributed by atoms with van der Waals surface area (Å²) in [7, 11) is -3.56. The third-order valence-electron chi connectivity index (χ3n) is 4.23. The molecule has 1 aromatic rings. The number of rotatable bonds is 6. The van der Waals surface area contributed by atoms with Crippen LogP contribution in [-0.2, 0) is 21.2 Å². The van der Waals surface area contributed by atoms with Crippen molar-refractivity contribution in [3.05, 3.63) is 29.3 Å². The molecule has 0 aromatic heterocycles.